The molecule has 0 spiro atoms. The van der Waals surface area contributed by atoms with Crippen molar-refractivity contribution in [2.24, 2.45) is 0 Å². The van der Waals surface area contributed by atoms with E-state index in [1.807, 2.05) is 43.3 Å². The number of aryl methyl sites for hydroxylation is 1. The number of carbonyl (C=O) groups is 1. The molecule has 6 nitrogen and oxygen atoms in total. The molecule has 1 aromatic carbocycles. The fourth-order valence-electron chi connectivity index (χ4n) is 2.20. The van der Waals surface area contributed by atoms with Gasteiger partial charge in [0, 0.05) is 18.0 Å². The number of nitrogens with zero attached hydrogens (tertiary/aromatic N) is 3. The second-order valence-corrected chi connectivity index (χ2v) is 5.37. The molecule has 0 saturated carbocycles. The first kappa shape index (κ1) is 15.6. The van der Waals surface area contributed by atoms with Gasteiger partial charge < -0.3 is 9.88 Å². The number of benzene rings is 1. The standard InChI is InChI=1S/C18H16N4O2/c1-13-7-8-16(20-9-13)21-17(23)12-22-11-15(19-10-18(22)24)14-5-3-2-4-6-14/h2-11H,12H2,1H3,(H,20,21,23). The van der Waals surface area contributed by atoms with Crippen LogP contribution in [0, 0.1) is 6.92 Å². The molecular formula is C18H16N4O2. The Bertz CT molecular complexity index is 902. The van der Waals surface area contributed by atoms with Crippen molar-refractivity contribution >= 4 is 11.7 Å². The second-order valence-electron chi connectivity index (χ2n) is 5.37. The lowest BCUT2D eigenvalue weighted by Gasteiger charge is -2.08. The molecule has 0 aliphatic heterocycles. The van der Waals surface area contributed by atoms with Gasteiger partial charge >= 0.3 is 0 Å². The molecule has 0 radical (unpaired) electrons. The van der Waals surface area contributed by atoms with Crippen molar-refractivity contribution in [1.29, 1.82) is 0 Å². The zero-order chi connectivity index (χ0) is 16.9. The van der Waals surface area contributed by atoms with Crippen LogP contribution in [0.3, 0.4) is 0 Å². The van der Waals surface area contributed by atoms with Crippen molar-refractivity contribution in [2.75, 3.05) is 5.32 Å². The van der Waals surface area contributed by atoms with E-state index in [1.165, 1.54) is 10.8 Å². The molecule has 3 rings (SSSR count). The maximum atomic E-state index is 12.1. The van der Waals surface area contributed by atoms with Crippen molar-refractivity contribution in [2.45, 2.75) is 13.5 Å². The smallest absolute Gasteiger partial charge is 0.269 e. The Balaban J connectivity index is 1.78. The van der Waals surface area contributed by atoms with Gasteiger partial charge in [0.25, 0.3) is 5.56 Å². The molecule has 0 atom stereocenters. The summed E-state index contributed by atoms with van der Waals surface area (Å²) in [6.07, 6.45) is 4.47. The first-order valence-corrected chi connectivity index (χ1v) is 7.46. The van der Waals surface area contributed by atoms with E-state index < -0.39 is 0 Å². The van der Waals surface area contributed by atoms with Gasteiger partial charge in [-0.15, -0.1) is 0 Å². The Labute approximate surface area is 138 Å². The number of nitrogens with one attached hydrogen (secondary N) is 1. The summed E-state index contributed by atoms with van der Waals surface area (Å²) in [7, 11) is 0. The predicted octanol–water partition coefficient (Wildman–Crippen LogP) is 2.25. The molecule has 2 aromatic heterocycles. The van der Waals surface area contributed by atoms with Gasteiger partial charge in [-0.25, -0.2) is 9.97 Å². The summed E-state index contributed by atoms with van der Waals surface area (Å²) >= 11 is 0. The lowest BCUT2D eigenvalue weighted by Crippen LogP contribution is -2.27. The summed E-state index contributed by atoms with van der Waals surface area (Å²) in [5, 5.41) is 2.67. The average Bonchev–Trinajstić information content (AvgIpc) is 2.60. The van der Waals surface area contributed by atoms with Crippen molar-refractivity contribution in [3.05, 3.63) is 77.0 Å². The molecule has 1 amide bonds. The molecule has 0 saturated heterocycles. The minimum atomic E-state index is -0.332. The third-order valence-corrected chi connectivity index (χ3v) is 3.44. The zero-order valence-electron chi connectivity index (χ0n) is 13.1. The molecule has 1 N–H and O–H groups in total. The van der Waals surface area contributed by atoms with E-state index in [9.17, 15) is 9.59 Å². The summed E-state index contributed by atoms with van der Waals surface area (Å²) < 4.78 is 1.33. The van der Waals surface area contributed by atoms with Gasteiger partial charge in [-0.1, -0.05) is 36.4 Å². The monoisotopic (exact) mass is 320 g/mol. The number of hydrogen-bond acceptors (Lipinski definition) is 4. The topological polar surface area (TPSA) is 76.9 Å². The van der Waals surface area contributed by atoms with Gasteiger partial charge in [0.15, 0.2) is 0 Å². The molecule has 0 fully saturated rings. The van der Waals surface area contributed by atoms with Crippen molar-refractivity contribution in [3.63, 3.8) is 0 Å². The number of hydrogen-bond donors (Lipinski definition) is 1. The van der Waals surface area contributed by atoms with Crippen LogP contribution in [0.15, 0.2) is 65.8 Å². The van der Waals surface area contributed by atoms with Gasteiger partial charge in [0.05, 0.1) is 11.9 Å². The number of pyridine rings is 1. The predicted molar refractivity (Wildman–Crippen MR) is 91.5 cm³/mol. The fraction of sp³-hybridized carbons (Fsp3) is 0.111. The first-order valence-electron chi connectivity index (χ1n) is 7.46. The Kier molecular flexibility index (Phi) is 4.47. The fourth-order valence-corrected chi connectivity index (χ4v) is 2.20. The quantitative estimate of drug-likeness (QED) is 0.800. The van der Waals surface area contributed by atoms with Gasteiger partial charge in [0.1, 0.15) is 12.4 Å². The van der Waals surface area contributed by atoms with Crippen LogP contribution in [-0.2, 0) is 11.3 Å². The summed E-state index contributed by atoms with van der Waals surface area (Å²) in [4.78, 5) is 32.3. The van der Waals surface area contributed by atoms with Gasteiger partial charge in [0.2, 0.25) is 5.91 Å². The second kappa shape index (κ2) is 6.87. The van der Waals surface area contributed by atoms with Crippen LogP contribution in [-0.4, -0.2) is 20.4 Å². The molecule has 120 valence electrons. The van der Waals surface area contributed by atoms with Crippen molar-refractivity contribution in [3.8, 4) is 11.3 Å². The molecule has 3 aromatic rings. The highest BCUT2D eigenvalue weighted by atomic mass is 16.2. The van der Waals surface area contributed by atoms with Gasteiger partial charge in [-0.05, 0) is 18.6 Å². The zero-order valence-corrected chi connectivity index (χ0v) is 13.1. The number of aromatic nitrogens is 3. The summed E-state index contributed by atoms with van der Waals surface area (Å²) in [6.45, 7) is 1.82. The lowest BCUT2D eigenvalue weighted by molar-refractivity contribution is -0.116. The van der Waals surface area contributed by atoms with Gasteiger partial charge in [-0.2, -0.15) is 0 Å². The van der Waals surface area contributed by atoms with E-state index >= 15 is 0 Å². The number of rotatable bonds is 4. The Morgan fingerprint density at radius 1 is 1.08 bits per heavy atom. The molecule has 0 unspecified atom stereocenters. The van der Waals surface area contributed by atoms with Crippen LogP contribution in [0.4, 0.5) is 5.82 Å². The maximum absolute atomic E-state index is 12.1. The van der Waals surface area contributed by atoms with E-state index in [0.29, 0.717) is 11.5 Å². The van der Waals surface area contributed by atoms with E-state index in [4.69, 9.17) is 0 Å². The van der Waals surface area contributed by atoms with E-state index in [1.54, 1.807) is 18.5 Å². The highest BCUT2D eigenvalue weighted by molar-refractivity contribution is 5.89. The van der Waals surface area contributed by atoms with Crippen LogP contribution < -0.4 is 10.9 Å². The van der Waals surface area contributed by atoms with E-state index in [2.05, 4.69) is 15.3 Å². The Morgan fingerprint density at radius 2 is 1.88 bits per heavy atom. The normalized spacial score (nSPS) is 10.4. The van der Waals surface area contributed by atoms with Crippen LogP contribution in [0.2, 0.25) is 0 Å². The third kappa shape index (κ3) is 3.73. The Morgan fingerprint density at radius 3 is 2.58 bits per heavy atom. The van der Waals surface area contributed by atoms with Crippen LogP contribution in [0.25, 0.3) is 11.3 Å². The highest BCUT2D eigenvalue weighted by Gasteiger charge is 2.08. The summed E-state index contributed by atoms with van der Waals surface area (Å²) in [5.41, 5.74) is 2.19. The minimum absolute atomic E-state index is 0.100. The van der Waals surface area contributed by atoms with Crippen LogP contribution >= 0.6 is 0 Å². The van der Waals surface area contributed by atoms with Crippen LogP contribution in [0.1, 0.15) is 5.56 Å². The molecular weight excluding hydrogens is 304 g/mol. The molecule has 0 aliphatic carbocycles. The molecule has 0 aliphatic rings. The van der Waals surface area contributed by atoms with E-state index in [0.717, 1.165) is 11.1 Å². The van der Waals surface area contributed by atoms with Gasteiger partial charge in [-0.3, -0.25) is 9.59 Å². The Hall–Kier alpha value is -3.28. The number of carbonyl (C=O) groups excluding carboxylic acids is 1. The minimum Gasteiger partial charge on any atom is -0.309 e. The van der Waals surface area contributed by atoms with Crippen LogP contribution in [0.5, 0.6) is 0 Å². The summed E-state index contributed by atoms with van der Waals surface area (Å²) in [5.74, 6) is 0.134. The lowest BCUT2D eigenvalue weighted by atomic mass is 10.2. The summed E-state index contributed by atoms with van der Waals surface area (Å²) in [6, 6.07) is 13.1. The van der Waals surface area contributed by atoms with Crippen molar-refractivity contribution in [1.82, 2.24) is 14.5 Å². The average molecular weight is 320 g/mol. The third-order valence-electron chi connectivity index (χ3n) is 3.44. The number of amides is 1. The largest absolute Gasteiger partial charge is 0.309 e. The first-order chi connectivity index (χ1) is 11.6. The maximum Gasteiger partial charge on any atom is 0.269 e. The number of anilines is 1. The van der Waals surface area contributed by atoms with Crippen molar-refractivity contribution < 1.29 is 4.79 Å². The molecule has 24 heavy (non-hydrogen) atoms. The molecule has 6 heteroatoms. The molecule has 2 heterocycles. The van der Waals surface area contributed by atoms with E-state index in [-0.39, 0.29) is 18.0 Å². The SMILES string of the molecule is Cc1ccc(NC(=O)Cn2cc(-c3ccccc3)ncc2=O)nc1. The molecule has 0 bridgehead atoms. The highest BCUT2D eigenvalue weighted by Crippen LogP contribution is 2.14.